The molecule has 1 spiro atoms. The molecule has 0 heteroatoms. The lowest BCUT2D eigenvalue weighted by molar-refractivity contribution is 0.0199. The highest BCUT2D eigenvalue weighted by Crippen LogP contribution is 2.61. The van der Waals surface area contributed by atoms with Crippen LogP contribution in [0.1, 0.15) is 72.6 Å². The summed E-state index contributed by atoms with van der Waals surface area (Å²) in [5.74, 6) is 1.91. The van der Waals surface area contributed by atoms with Gasteiger partial charge in [0, 0.05) is 0 Å². The maximum atomic E-state index is 2.53. The predicted molar refractivity (Wildman–Crippen MR) is 66.9 cm³/mol. The normalized spacial score (nSPS) is 40.2. The van der Waals surface area contributed by atoms with Crippen molar-refractivity contribution in [3.8, 4) is 0 Å². The van der Waals surface area contributed by atoms with Crippen molar-refractivity contribution < 1.29 is 0 Å². The van der Waals surface area contributed by atoms with E-state index in [1.54, 1.807) is 0 Å². The molecule has 2 aliphatic rings. The summed E-state index contributed by atoms with van der Waals surface area (Å²) in [6.07, 6.45) is 10.5. The summed E-state index contributed by atoms with van der Waals surface area (Å²) in [6.45, 7) is 9.91. The molecule has 0 aliphatic heterocycles. The summed E-state index contributed by atoms with van der Waals surface area (Å²) >= 11 is 0. The first-order valence-corrected chi connectivity index (χ1v) is 6.97. The van der Waals surface area contributed by atoms with Crippen LogP contribution in [-0.4, -0.2) is 0 Å². The zero-order valence-electron chi connectivity index (χ0n) is 11.1. The van der Waals surface area contributed by atoms with Crippen LogP contribution in [0, 0.1) is 22.7 Å². The molecule has 2 saturated carbocycles. The molecule has 0 aromatic carbocycles. The van der Waals surface area contributed by atoms with E-state index in [0.717, 1.165) is 17.3 Å². The van der Waals surface area contributed by atoms with E-state index in [9.17, 15) is 0 Å². The molecule has 0 nitrogen and oxygen atoms in total. The summed E-state index contributed by atoms with van der Waals surface area (Å²) < 4.78 is 0. The Bertz CT molecular complexity index is 226. The maximum absolute atomic E-state index is 2.53. The standard InChI is InChI=1S/C15H28/c1-12(2)13-7-5-9-15(11-13)10-6-8-14(15,3)4/h12-13H,5-11H2,1-4H3. The first kappa shape index (κ1) is 11.5. The average molecular weight is 208 g/mol. The van der Waals surface area contributed by atoms with Gasteiger partial charge in [0.25, 0.3) is 0 Å². The van der Waals surface area contributed by atoms with Crippen molar-refractivity contribution in [2.45, 2.75) is 72.6 Å². The van der Waals surface area contributed by atoms with Crippen LogP contribution in [0.3, 0.4) is 0 Å². The Morgan fingerprint density at radius 2 is 1.67 bits per heavy atom. The van der Waals surface area contributed by atoms with Crippen molar-refractivity contribution >= 4 is 0 Å². The molecule has 2 fully saturated rings. The molecule has 0 saturated heterocycles. The summed E-state index contributed by atoms with van der Waals surface area (Å²) in [5.41, 5.74) is 1.35. The van der Waals surface area contributed by atoms with Gasteiger partial charge in [0.15, 0.2) is 0 Å². The fourth-order valence-corrected chi connectivity index (χ4v) is 4.29. The smallest absolute Gasteiger partial charge is 0.0243 e. The maximum Gasteiger partial charge on any atom is -0.0243 e. The van der Waals surface area contributed by atoms with Gasteiger partial charge in [-0.15, -0.1) is 0 Å². The molecule has 0 heterocycles. The second kappa shape index (κ2) is 3.79. The highest BCUT2D eigenvalue weighted by Gasteiger charge is 2.50. The quantitative estimate of drug-likeness (QED) is 0.567. The molecule has 2 unspecified atom stereocenters. The Morgan fingerprint density at radius 1 is 1.00 bits per heavy atom. The minimum Gasteiger partial charge on any atom is -0.0625 e. The molecule has 0 radical (unpaired) electrons. The van der Waals surface area contributed by atoms with Gasteiger partial charge >= 0.3 is 0 Å². The van der Waals surface area contributed by atoms with Crippen molar-refractivity contribution in [3.63, 3.8) is 0 Å². The molecule has 0 aromatic rings. The van der Waals surface area contributed by atoms with Crippen LogP contribution in [0.2, 0.25) is 0 Å². The molecule has 0 aromatic heterocycles. The van der Waals surface area contributed by atoms with E-state index < -0.39 is 0 Å². The molecule has 2 rings (SSSR count). The Morgan fingerprint density at radius 3 is 2.20 bits per heavy atom. The van der Waals surface area contributed by atoms with Crippen LogP contribution in [0.4, 0.5) is 0 Å². The summed E-state index contributed by atoms with van der Waals surface area (Å²) in [4.78, 5) is 0. The summed E-state index contributed by atoms with van der Waals surface area (Å²) in [5, 5.41) is 0. The van der Waals surface area contributed by atoms with E-state index in [-0.39, 0.29) is 0 Å². The lowest BCUT2D eigenvalue weighted by atomic mass is 9.57. The topological polar surface area (TPSA) is 0 Å². The Kier molecular flexibility index (Phi) is 2.90. The van der Waals surface area contributed by atoms with Crippen LogP contribution < -0.4 is 0 Å². The molecule has 2 atom stereocenters. The second-order valence-electron chi connectivity index (χ2n) is 7.12. The van der Waals surface area contributed by atoms with Crippen molar-refractivity contribution in [3.05, 3.63) is 0 Å². The van der Waals surface area contributed by atoms with Gasteiger partial charge in [-0.2, -0.15) is 0 Å². The fraction of sp³-hybridized carbons (Fsp3) is 1.00. The van der Waals surface area contributed by atoms with Crippen LogP contribution in [0.15, 0.2) is 0 Å². The first-order valence-electron chi connectivity index (χ1n) is 6.97. The van der Waals surface area contributed by atoms with Gasteiger partial charge in [0.05, 0.1) is 0 Å². The monoisotopic (exact) mass is 208 g/mol. The van der Waals surface area contributed by atoms with Gasteiger partial charge in [-0.25, -0.2) is 0 Å². The van der Waals surface area contributed by atoms with E-state index in [4.69, 9.17) is 0 Å². The Balaban J connectivity index is 2.14. The lowest BCUT2D eigenvalue weighted by Gasteiger charge is -2.48. The van der Waals surface area contributed by atoms with Crippen LogP contribution >= 0.6 is 0 Å². The van der Waals surface area contributed by atoms with Crippen LogP contribution in [0.5, 0.6) is 0 Å². The minimum atomic E-state index is 0.626. The van der Waals surface area contributed by atoms with Crippen molar-refractivity contribution in [1.82, 2.24) is 0 Å². The minimum absolute atomic E-state index is 0.626. The third-order valence-corrected chi connectivity index (χ3v) is 5.72. The third kappa shape index (κ3) is 1.85. The van der Waals surface area contributed by atoms with Crippen LogP contribution in [-0.2, 0) is 0 Å². The van der Waals surface area contributed by atoms with Crippen LogP contribution in [0.25, 0.3) is 0 Å². The largest absolute Gasteiger partial charge is 0.0625 e. The molecular formula is C15H28. The molecule has 0 bridgehead atoms. The van der Waals surface area contributed by atoms with Gasteiger partial charge < -0.3 is 0 Å². The molecular weight excluding hydrogens is 180 g/mol. The Labute approximate surface area is 95.8 Å². The van der Waals surface area contributed by atoms with E-state index in [1.165, 1.54) is 44.9 Å². The number of rotatable bonds is 1. The zero-order valence-corrected chi connectivity index (χ0v) is 11.1. The highest BCUT2D eigenvalue weighted by molar-refractivity contribution is 5.01. The average Bonchev–Trinajstić information content (AvgIpc) is 2.42. The summed E-state index contributed by atoms with van der Waals surface area (Å²) in [7, 11) is 0. The SMILES string of the molecule is CC(C)C1CCCC2(CCCC2(C)C)C1. The van der Waals surface area contributed by atoms with E-state index in [2.05, 4.69) is 27.7 Å². The van der Waals surface area contributed by atoms with Gasteiger partial charge in [-0.3, -0.25) is 0 Å². The third-order valence-electron chi connectivity index (χ3n) is 5.72. The Hall–Kier alpha value is 0. The van der Waals surface area contributed by atoms with Gasteiger partial charge in [0.1, 0.15) is 0 Å². The predicted octanol–water partition coefficient (Wildman–Crippen LogP) is 5.03. The number of hydrogen-bond donors (Lipinski definition) is 0. The first-order chi connectivity index (χ1) is 6.97. The summed E-state index contributed by atoms with van der Waals surface area (Å²) in [6, 6.07) is 0. The van der Waals surface area contributed by atoms with Gasteiger partial charge in [0.2, 0.25) is 0 Å². The zero-order chi connectivity index (χ0) is 11.1. The van der Waals surface area contributed by atoms with Gasteiger partial charge in [-0.1, -0.05) is 47.0 Å². The molecule has 15 heavy (non-hydrogen) atoms. The van der Waals surface area contributed by atoms with Gasteiger partial charge in [-0.05, 0) is 48.3 Å². The lowest BCUT2D eigenvalue weighted by Crippen LogP contribution is -2.38. The van der Waals surface area contributed by atoms with E-state index >= 15 is 0 Å². The highest BCUT2D eigenvalue weighted by atomic mass is 14.5. The molecule has 0 N–H and O–H groups in total. The van der Waals surface area contributed by atoms with Crippen molar-refractivity contribution in [1.29, 1.82) is 0 Å². The van der Waals surface area contributed by atoms with Crippen molar-refractivity contribution in [2.24, 2.45) is 22.7 Å². The van der Waals surface area contributed by atoms with E-state index in [0.29, 0.717) is 5.41 Å². The second-order valence-corrected chi connectivity index (χ2v) is 7.12. The molecule has 2 aliphatic carbocycles. The number of hydrogen-bond acceptors (Lipinski definition) is 0. The molecule has 0 amide bonds. The van der Waals surface area contributed by atoms with Crippen molar-refractivity contribution in [2.75, 3.05) is 0 Å². The fourth-order valence-electron chi connectivity index (χ4n) is 4.29. The van der Waals surface area contributed by atoms with E-state index in [1.807, 2.05) is 0 Å². The molecule has 88 valence electrons.